The summed E-state index contributed by atoms with van der Waals surface area (Å²) in [4.78, 5) is 15.2. The maximum absolute atomic E-state index is 10.9. The van der Waals surface area contributed by atoms with Crippen molar-refractivity contribution in [1.29, 1.82) is 0 Å². The summed E-state index contributed by atoms with van der Waals surface area (Å²) in [5, 5.41) is 5.91. The van der Waals surface area contributed by atoms with Crippen LogP contribution in [0.1, 0.15) is 32.3 Å². The molecule has 0 fully saturated rings. The predicted octanol–water partition coefficient (Wildman–Crippen LogP) is 3.91. The van der Waals surface area contributed by atoms with E-state index >= 15 is 0 Å². The second-order valence-corrected chi connectivity index (χ2v) is 5.02. The van der Waals surface area contributed by atoms with Crippen LogP contribution in [-0.4, -0.2) is 10.9 Å². The largest absolute Gasteiger partial charge is 0.340 e. The molecule has 1 amide bonds. The number of hydrogen-bond donors (Lipinski definition) is 2. The van der Waals surface area contributed by atoms with Crippen molar-refractivity contribution < 1.29 is 4.79 Å². The summed E-state index contributed by atoms with van der Waals surface area (Å²) in [6.07, 6.45) is 1.63. The summed E-state index contributed by atoms with van der Waals surface area (Å²) in [6.45, 7) is 5.82. The fourth-order valence-electron chi connectivity index (χ4n) is 1.84. The monoisotopic (exact) mass is 269 g/mol. The van der Waals surface area contributed by atoms with Gasteiger partial charge in [-0.15, -0.1) is 0 Å². The lowest BCUT2D eigenvalue weighted by Crippen LogP contribution is -2.06. The topological polar surface area (TPSA) is 54.0 Å². The summed E-state index contributed by atoms with van der Waals surface area (Å²) in [6, 6.07) is 12.0. The van der Waals surface area contributed by atoms with E-state index in [2.05, 4.69) is 41.6 Å². The number of hydrogen-bond acceptors (Lipinski definition) is 3. The van der Waals surface area contributed by atoms with Crippen molar-refractivity contribution in [3.05, 3.63) is 48.2 Å². The zero-order valence-corrected chi connectivity index (χ0v) is 12.0. The Morgan fingerprint density at radius 2 is 1.70 bits per heavy atom. The van der Waals surface area contributed by atoms with Crippen molar-refractivity contribution >= 4 is 23.1 Å². The number of rotatable bonds is 4. The van der Waals surface area contributed by atoms with Gasteiger partial charge in [0.1, 0.15) is 5.82 Å². The van der Waals surface area contributed by atoms with Gasteiger partial charge in [0, 0.05) is 12.6 Å². The van der Waals surface area contributed by atoms with Crippen LogP contribution in [0.15, 0.2) is 42.6 Å². The van der Waals surface area contributed by atoms with Crippen LogP contribution < -0.4 is 10.6 Å². The molecule has 0 spiro atoms. The molecule has 2 aromatic rings. The number of aromatic nitrogens is 1. The number of carbonyl (C=O) groups is 1. The number of benzene rings is 1. The first kappa shape index (κ1) is 14.1. The van der Waals surface area contributed by atoms with E-state index in [0.29, 0.717) is 11.6 Å². The van der Waals surface area contributed by atoms with Gasteiger partial charge in [-0.05, 0) is 35.7 Å². The summed E-state index contributed by atoms with van der Waals surface area (Å²) >= 11 is 0. The Balaban J connectivity index is 2.04. The zero-order chi connectivity index (χ0) is 14.5. The molecule has 0 aliphatic rings. The highest BCUT2D eigenvalue weighted by atomic mass is 16.1. The van der Waals surface area contributed by atoms with E-state index in [-0.39, 0.29) is 5.91 Å². The number of amides is 1. The van der Waals surface area contributed by atoms with E-state index in [1.54, 1.807) is 6.20 Å². The first-order valence-electron chi connectivity index (χ1n) is 6.65. The minimum atomic E-state index is -0.100. The zero-order valence-electron chi connectivity index (χ0n) is 12.0. The van der Waals surface area contributed by atoms with Gasteiger partial charge in [-0.1, -0.05) is 26.0 Å². The van der Waals surface area contributed by atoms with Crippen LogP contribution in [0.4, 0.5) is 17.2 Å². The first-order valence-corrected chi connectivity index (χ1v) is 6.65. The molecular formula is C16H19N3O. The quantitative estimate of drug-likeness (QED) is 0.884. The Morgan fingerprint density at radius 3 is 2.20 bits per heavy atom. The summed E-state index contributed by atoms with van der Waals surface area (Å²) in [7, 11) is 0. The molecule has 0 bridgehead atoms. The van der Waals surface area contributed by atoms with Crippen molar-refractivity contribution in [1.82, 2.24) is 4.98 Å². The standard InChI is InChI=1S/C16H19N3O/c1-11(2)13-4-6-14(7-5-13)19-16-9-8-15(10-17-16)18-12(3)20/h4-11H,1-3H3,(H,17,19)(H,18,20). The van der Waals surface area contributed by atoms with Crippen molar-refractivity contribution in [3.8, 4) is 0 Å². The fourth-order valence-corrected chi connectivity index (χ4v) is 1.84. The van der Waals surface area contributed by atoms with Gasteiger partial charge in [-0.2, -0.15) is 0 Å². The molecule has 1 heterocycles. The minimum Gasteiger partial charge on any atom is -0.340 e. The second-order valence-electron chi connectivity index (χ2n) is 5.02. The summed E-state index contributed by atoms with van der Waals surface area (Å²) in [5.74, 6) is 1.17. The van der Waals surface area contributed by atoms with Crippen molar-refractivity contribution in [2.75, 3.05) is 10.6 Å². The number of nitrogens with zero attached hydrogens (tertiary/aromatic N) is 1. The molecule has 0 atom stereocenters. The average Bonchev–Trinajstić information content (AvgIpc) is 2.41. The molecule has 0 radical (unpaired) electrons. The summed E-state index contributed by atoms with van der Waals surface area (Å²) < 4.78 is 0. The van der Waals surface area contributed by atoms with E-state index in [4.69, 9.17) is 0 Å². The van der Waals surface area contributed by atoms with Crippen LogP contribution in [0, 0.1) is 0 Å². The number of carbonyl (C=O) groups excluding carboxylic acids is 1. The maximum Gasteiger partial charge on any atom is 0.221 e. The first-order chi connectivity index (χ1) is 9.54. The molecule has 4 nitrogen and oxygen atoms in total. The summed E-state index contributed by atoms with van der Waals surface area (Å²) in [5.41, 5.74) is 3.00. The minimum absolute atomic E-state index is 0.100. The van der Waals surface area contributed by atoms with Crippen molar-refractivity contribution in [2.24, 2.45) is 0 Å². The Morgan fingerprint density at radius 1 is 1.05 bits per heavy atom. The molecule has 4 heteroatoms. The Hall–Kier alpha value is -2.36. The highest BCUT2D eigenvalue weighted by molar-refractivity contribution is 5.88. The number of anilines is 3. The normalized spacial score (nSPS) is 10.4. The van der Waals surface area contributed by atoms with Crippen LogP contribution in [0.3, 0.4) is 0 Å². The Labute approximate surface area is 119 Å². The van der Waals surface area contributed by atoms with E-state index in [0.717, 1.165) is 11.5 Å². The molecule has 0 aliphatic carbocycles. The molecule has 1 aromatic heterocycles. The predicted molar refractivity (Wildman–Crippen MR) is 82.4 cm³/mol. The Kier molecular flexibility index (Phi) is 4.35. The van der Waals surface area contributed by atoms with Gasteiger partial charge in [0.05, 0.1) is 11.9 Å². The molecule has 2 rings (SSSR count). The van der Waals surface area contributed by atoms with E-state index in [1.165, 1.54) is 12.5 Å². The molecule has 0 saturated heterocycles. The SMILES string of the molecule is CC(=O)Nc1ccc(Nc2ccc(C(C)C)cc2)nc1. The van der Waals surface area contributed by atoms with Gasteiger partial charge >= 0.3 is 0 Å². The molecular weight excluding hydrogens is 250 g/mol. The van der Waals surface area contributed by atoms with Crippen LogP contribution in [0.25, 0.3) is 0 Å². The number of nitrogens with one attached hydrogen (secondary N) is 2. The third-order valence-corrected chi connectivity index (χ3v) is 2.93. The van der Waals surface area contributed by atoms with Gasteiger partial charge in [-0.25, -0.2) is 4.98 Å². The molecule has 20 heavy (non-hydrogen) atoms. The van der Waals surface area contributed by atoms with Crippen LogP contribution >= 0.6 is 0 Å². The van der Waals surface area contributed by atoms with E-state index in [1.807, 2.05) is 24.3 Å². The molecule has 0 unspecified atom stereocenters. The van der Waals surface area contributed by atoms with Crippen molar-refractivity contribution in [2.45, 2.75) is 26.7 Å². The van der Waals surface area contributed by atoms with E-state index < -0.39 is 0 Å². The molecule has 0 aliphatic heterocycles. The smallest absolute Gasteiger partial charge is 0.221 e. The Bertz CT molecular complexity index is 574. The van der Waals surface area contributed by atoms with Gasteiger partial charge in [0.2, 0.25) is 5.91 Å². The van der Waals surface area contributed by atoms with Gasteiger partial charge in [0.25, 0.3) is 0 Å². The lowest BCUT2D eigenvalue weighted by Gasteiger charge is -2.09. The van der Waals surface area contributed by atoms with Crippen LogP contribution in [-0.2, 0) is 4.79 Å². The average molecular weight is 269 g/mol. The molecule has 104 valence electrons. The maximum atomic E-state index is 10.9. The highest BCUT2D eigenvalue weighted by Crippen LogP contribution is 2.20. The second kappa shape index (κ2) is 6.19. The highest BCUT2D eigenvalue weighted by Gasteiger charge is 2.01. The van der Waals surface area contributed by atoms with Gasteiger partial charge in [-0.3, -0.25) is 4.79 Å². The molecule has 2 N–H and O–H groups in total. The third-order valence-electron chi connectivity index (χ3n) is 2.93. The molecule has 0 saturated carbocycles. The van der Waals surface area contributed by atoms with Gasteiger partial charge in [0.15, 0.2) is 0 Å². The van der Waals surface area contributed by atoms with Crippen LogP contribution in [0.5, 0.6) is 0 Å². The fraction of sp³-hybridized carbons (Fsp3) is 0.250. The van der Waals surface area contributed by atoms with Crippen LogP contribution in [0.2, 0.25) is 0 Å². The van der Waals surface area contributed by atoms with Gasteiger partial charge < -0.3 is 10.6 Å². The lowest BCUT2D eigenvalue weighted by atomic mass is 10.0. The van der Waals surface area contributed by atoms with Crippen molar-refractivity contribution in [3.63, 3.8) is 0 Å². The lowest BCUT2D eigenvalue weighted by molar-refractivity contribution is -0.114. The molecule has 1 aromatic carbocycles. The number of pyridine rings is 1. The van der Waals surface area contributed by atoms with E-state index in [9.17, 15) is 4.79 Å². The third kappa shape index (κ3) is 3.82.